The van der Waals surface area contributed by atoms with E-state index >= 15 is 0 Å². The van der Waals surface area contributed by atoms with Gasteiger partial charge in [0.05, 0.1) is 26.3 Å². The van der Waals surface area contributed by atoms with Gasteiger partial charge in [0.15, 0.2) is 0 Å². The van der Waals surface area contributed by atoms with Crippen molar-refractivity contribution in [2.45, 2.75) is 32.6 Å². The zero-order valence-electron chi connectivity index (χ0n) is 16.3. The van der Waals surface area contributed by atoms with Gasteiger partial charge in [0.2, 0.25) is 0 Å². The van der Waals surface area contributed by atoms with Crippen LogP contribution in [0.4, 0.5) is 0 Å². The minimum atomic E-state index is -0.875. The summed E-state index contributed by atoms with van der Waals surface area (Å²) in [5.74, 6) is 0.464. The molecule has 1 heterocycles. The number of aromatic nitrogens is 1. The van der Waals surface area contributed by atoms with Crippen LogP contribution in [0.25, 0.3) is 22.2 Å². The molecule has 0 aliphatic carbocycles. The van der Waals surface area contributed by atoms with Gasteiger partial charge in [0.25, 0.3) is 0 Å². The van der Waals surface area contributed by atoms with Crippen molar-refractivity contribution in [3.8, 4) is 22.8 Å². The second-order valence-corrected chi connectivity index (χ2v) is 7.63. The van der Waals surface area contributed by atoms with E-state index in [0.29, 0.717) is 11.5 Å². The lowest BCUT2D eigenvalue weighted by Gasteiger charge is -2.19. The van der Waals surface area contributed by atoms with Crippen molar-refractivity contribution in [2.75, 3.05) is 14.2 Å². The summed E-state index contributed by atoms with van der Waals surface area (Å²) in [4.78, 5) is 15.0. The molecule has 2 N–H and O–H groups in total. The molecule has 0 unspecified atom stereocenters. The first-order valence-electron chi connectivity index (χ1n) is 8.84. The third-order valence-electron chi connectivity index (χ3n) is 4.78. The summed E-state index contributed by atoms with van der Waals surface area (Å²) in [5, 5.41) is 10.4. The van der Waals surface area contributed by atoms with Gasteiger partial charge >= 0.3 is 5.97 Å². The fourth-order valence-electron chi connectivity index (χ4n) is 3.29. The van der Waals surface area contributed by atoms with Crippen molar-refractivity contribution in [3.05, 3.63) is 47.5 Å². The van der Waals surface area contributed by atoms with Crippen LogP contribution in [0, 0.1) is 0 Å². The number of aliphatic carboxylic acids is 1. The Labute approximate surface area is 158 Å². The van der Waals surface area contributed by atoms with E-state index in [4.69, 9.17) is 9.47 Å². The first kappa shape index (κ1) is 18.8. The van der Waals surface area contributed by atoms with Crippen molar-refractivity contribution in [1.29, 1.82) is 0 Å². The quantitative estimate of drug-likeness (QED) is 0.681. The van der Waals surface area contributed by atoms with Gasteiger partial charge in [-0.25, -0.2) is 0 Å². The second-order valence-electron chi connectivity index (χ2n) is 7.63. The van der Waals surface area contributed by atoms with E-state index in [0.717, 1.165) is 33.3 Å². The number of hydrogen-bond donors (Lipinski definition) is 2. The van der Waals surface area contributed by atoms with E-state index < -0.39 is 5.97 Å². The molecule has 142 valence electrons. The lowest BCUT2D eigenvalue weighted by molar-refractivity contribution is -0.136. The molecule has 0 atom stereocenters. The van der Waals surface area contributed by atoms with Crippen LogP contribution < -0.4 is 9.47 Å². The second kappa shape index (κ2) is 6.99. The Hall–Kier alpha value is -2.95. The Morgan fingerprint density at radius 1 is 1.07 bits per heavy atom. The van der Waals surface area contributed by atoms with Crippen LogP contribution in [0.15, 0.2) is 36.4 Å². The predicted molar refractivity (Wildman–Crippen MR) is 107 cm³/mol. The third-order valence-corrected chi connectivity index (χ3v) is 4.78. The molecular formula is C22H25NO4. The Bertz CT molecular complexity index is 995. The van der Waals surface area contributed by atoms with Gasteiger partial charge in [-0.2, -0.15) is 0 Å². The molecule has 0 amide bonds. The topological polar surface area (TPSA) is 71.5 Å². The van der Waals surface area contributed by atoms with E-state index in [9.17, 15) is 9.90 Å². The fraction of sp³-hybridized carbons (Fsp3) is 0.318. The SMILES string of the molecule is COc1ccc(OC)c(-c2[nH]c3ccc(C(C)(C)C)cc3c2CC(=O)O)c1. The molecule has 0 saturated heterocycles. The average molecular weight is 367 g/mol. The van der Waals surface area contributed by atoms with Gasteiger partial charge in [-0.05, 0) is 46.9 Å². The van der Waals surface area contributed by atoms with E-state index in [1.165, 1.54) is 0 Å². The number of carboxylic acids is 1. The van der Waals surface area contributed by atoms with Crippen molar-refractivity contribution >= 4 is 16.9 Å². The molecule has 3 aromatic rings. The Kier molecular flexibility index (Phi) is 4.87. The smallest absolute Gasteiger partial charge is 0.307 e. The highest BCUT2D eigenvalue weighted by Gasteiger charge is 2.21. The maximum absolute atomic E-state index is 11.6. The van der Waals surface area contributed by atoms with E-state index in [2.05, 4.69) is 37.9 Å². The highest BCUT2D eigenvalue weighted by Crippen LogP contribution is 2.39. The number of rotatable bonds is 5. The minimum Gasteiger partial charge on any atom is -0.497 e. The van der Waals surface area contributed by atoms with E-state index in [1.54, 1.807) is 14.2 Å². The number of ether oxygens (including phenoxy) is 2. The average Bonchev–Trinajstić information content (AvgIpc) is 2.97. The summed E-state index contributed by atoms with van der Waals surface area (Å²) in [7, 11) is 3.20. The molecule has 0 radical (unpaired) electrons. The molecule has 0 aliphatic heterocycles. The minimum absolute atomic E-state index is 0.0280. The van der Waals surface area contributed by atoms with Gasteiger partial charge in [-0.15, -0.1) is 0 Å². The Morgan fingerprint density at radius 2 is 1.81 bits per heavy atom. The van der Waals surface area contributed by atoms with Crippen LogP contribution in [0.2, 0.25) is 0 Å². The molecule has 0 saturated carbocycles. The zero-order chi connectivity index (χ0) is 19.8. The normalized spacial score (nSPS) is 11.6. The lowest BCUT2D eigenvalue weighted by Crippen LogP contribution is -2.10. The zero-order valence-corrected chi connectivity index (χ0v) is 16.3. The molecule has 3 rings (SSSR count). The number of fused-ring (bicyclic) bond motifs is 1. The number of nitrogens with one attached hydrogen (secondary N) is 1. The van der Waals surface area contributed by atoms with Gasteiger partial charge in [0, 0.05) is 16.5 Å². The molecule has 0 aliphatic rings. The highest BCUT2D eigenvalue weighted by molar-refractivity contribution is 5.95. The number of benzene rings is 2. The summed E-state index contributed by atoms with van der Waals surface area (Å²) in [6.07, 6.45) is -0.0801. The van der Waals surface area contributed by atoms with Crippen molar-refractivity contribution in [1.82, 2.24) is 4.98 Å². The van der Waals surface area contributed by atoms with Crippen LogP contribution in [0.1, 0.15) is 31.9 Å². The molecule has 2 aromatic carbocycles. The molecule has 0 fully saturated rings. The Morgan fingerprint density at radius 3 is 2.41 bits per heavy atom. The summed E-state index contributed by atoms with van der Waals surface area (Å²) in [5.41, 5.74) is 4.30. The summed E-state index contributed by atoms with van der Waals surface area (Å²) < 4.78 is 10.9. The first-order chi connectivity index (χ1) is 12.7. The number of hydrogen-bond acceptors (Lipinski definition) is 3. The van der Waals surface area contributed by atoms with Crippen LogP contribution >= 0.6 is 0 Å². The van der Waals surface area contributed by atoms with Gasteiger partial charge < -0.3 is 19.6 Å². The number of carbonyl (C=O) groups is 1. The molecular weight excluding hydrogens is 342 g/mol. The van der Waals surface area contributed by atoms with Crippen LogP contribution in [-0.4, -0.2) is 30.3 Å². The predicted octanol–water partition coefficient (Wildman–Crippen LogP) is 4.78. The summed E-state index contributed by atoms with van der Waals surface area (Å²) >= 11 is 0. The molecule has 0 spiro atoms. The number of carboxylic acid groups (broad SMARTS) is 1. The van der Waals surface area contributed by atoms with Crippen molar-refractivity contribution in [3.63, 3.8) is 0 Å². The summed E-state index contributed by atoms with van der Waals surface area (Å²) in [6.45, 7) is 6.43. The number of aromatic amines is 1. The van der Waals surface area contributed by atoms with Crippen molar-refractivity contribution < 1.29 is 19.4 Å². The van der Waals surface area contributed by atoms with E-state index in [1.807, 2.05) is 24.3 Å². The molecule has 27 heavy (non-hydrogen) atoms. The molecule has 5 nitrogen and oxygen atoms in total. The van der Waals surface area contributed by atoms with Crippen molar-refractivity contribution in [2.24, 2.45) is 0 Å². The third kappa shape index (κ3) is 3.63. The monoisotopic (exact) mass is 367 g/mol. The lowest BCUT2D eigenvalue weighted by atomic mass is 9.86. The summed E-state index contributed by atoms with van der Waals surface area (Å²) in [6, 6.07) is 11.7. The first-order valence-corrected chi connectivity index (χ1v) is 8.84. The van der Waals surface area contributed by atoms with Gasteiger partial charge in [-0.3, -0.25) is 4.79 Å². The maximum atomic E-state index is 11.6. The van der Waals surface area contributed by atoms with Crippen LogP contribution in [0.3, 0.4) is 0 Å². The van der Waals surface area contributed by atoms with Crippen LogP contribution in [-0.2, 0) is 16.6 Å². The van der Waals surface area contributed by atoms with E-state index in [-0.39, 0.29) is 11.8 Å². The van der Waals surface area contributed by atoms with Gasteiger partial charge in [0.1, 0.15) is 11.5 Å². The Balaban J connectivity index is 2.31. The molecule has 5 heteroatoms. The van der Waals surface area contributed by atoms with Gasteiger partial charge in [-0.1, -0.05) is 26.8 Å². The van der Waals surface area contributed by atoms with Crippen LogP contribution in [0.5, 0.6) is 11.5 Å². The molecule has 0 bridgehead atoms. The largest absolute Gasteiger partial charge is 0.497 e. The highest BCUT2D eigenvalue weighted by atomic mass is 16.5. The molecule has 1 aromatic heterocycles. The number of methoxy groups -OCH3 is 2. The fourth-order valence-corrected chi connectivity index (χ4v) is 3.29. The standard InChI is InChI=1S/C22H25NO4/c1-22(2,3)13-6-8-18-15(10-13)16(12-20(24)25)21(23-18)17-11-14(26-4)7-9-19(17)27-5/h6-11,23H,12H2,1-5H3,(H,24,25). The maximum Gasteiger partial charge on any atom is 0.307 e. The number of H-pyrrole nitrogens is 1.